The van der Waals surface area contributed by atoms with E-state index in [1.54, 1.807) is 12.1 Å². The summed E-state index contributed by atoms with van der Waals surface area (Å²) >= 11 is 0. The Morgan fingerprint density at radius 2 is 1.40 bits per heavy atom. The van der Waals surface area contributed by atoms with Crippen LogP contribution in [0.2, 0.25) is 0 Å². The van der Waals surface area contributed by atoms with Crippen LogP contribution in [-0.2, 0) is 16.0 Å². The van der Waals surface area contributed by atoms with Gasteiger partial charge in [-0.1, -0.05) is 84.9 Å². The lowest BCUT2D eigenvalue weighted by atomic mass is 9.82. The molecule has 1 atom stereocenters. The Morgan fingerprint density at radius 3 is 1.94 bits per heavy atom. The predicted molar refractivity (Wildman–Crippen MR) is 137 cm³/mol. The summed E-state index contributed by atoms with van der Waals surface area (Å²) < 4.78 is 6.21. The Bertz CT molecular complexity index is 1320. The number of carbonyl (C=O) groups is 2. The third-order valence-corrected chi connectivity index (χ3v) is 6.01. The number of primary amides is 1. The highest BCUT2D eigenvalue weighted by atomic mass is 16.5. The molecular weight excluding hydrogens is 438 g/mol. The van der Waals surface area contributed by atoms with E-state index in [0.29, 0.717) is 17.7 Å². The van der Waals surface area contributed by atoms with Crippen LogP contribution in [0, 0.1) is 6.92 Å². The number of aliphatic carboxylic acids is 1. The molecule has 0 spiro atoms. The van der Waals surface area contributed by atoms with E-state index in [0.717, 1.165) is 33.4 Å². The fraction of sp³-hybridized carbons (Fsp3) is 0.133. The normalized spacial score (nSPS) is 11.6. The van der Waals surface area contributed by atoms with Gasteiger partial charge in [0.15, 0.2) is 0 Å². The number of rotatable bonds is 9. The molecule has 176 valence electrons. The number of benzene rings is 4. The summed E-state index contributed by atoms with van der Waals surface area (Å²) in [6.07, 6.45) is -0.695. The van der Waals surface area contributed by atoms with Crippen molar-refractivity contribution < 1.29 is 19.4 Å². The van der Waals surface area contributed by atoms with Crippen LogP contribution in [0.15, 0.2) is 97.1 Å². The topological polar surface area (TPSA) is 89.6 Å². The summed E-state index contributed by atoms with van der Waals surface area (Å²) in [5.41, 5.74) is 11.8. The smallest absolute Gasteiger partial charge is 0.303 e. The molecule has 4 rings (SSSR count). The summed E-state index contributed by atoms with van der Waals surface area (Å²) in [7, 11) is 0. The minimum Gasteiger partial charge on any atom is -0.481 e. The number of carbonyl (C=O) groups excluding carboxylic acids is 1. The van der Waals surface area contributed by atoms with Crippen molar-refractivity contribution in [3.63, 3.8) is 0 Å². The molecule has 5 heteroatoms. The number of carboxylic acids is 1. The van der Waals surface area contributed by atoms with Crippen molar-refractivity contribution in [3.8, 4) is 28.0 Å². The molecule has 0 heterocycles. The van der Waals surface area contributed by atoms with Gasteiger partial charge in [0.25, 0.3) is 5.91 Å². The van der Waals surface area contributed by atoms with Crippen LogP contribution in [0.3, 0.4) is 0 Å². The van der Waals surface area contributed by atoms with Crippen molar-refractivity contribution >= 4 is 11.9 Å². The molecule has 0 aromatic heterocycles. The van der Waals surface area contributed by atoms with E-state index < -0.39 is 18.0 Å². The van der Waals surface area contributed by atoms with Crippen LogP contribution >= 0.6 is 0 Å². The molecule has 0 bridgehead atoms. The lowest BCUT2D eigenvalue weighted by Crippen LogP contribution is -2.27. The average molecular weight is 466 g/mol. The Kier molecular flexibility index (Phi) is 7.27. The SMILES string of the molecule is Cc1c(CCC(=O)O)cc(-c2ccccc2)c(C(Oc2ccccc2)C(N)=O)c1-c1ccccc1. The van der Waals surface area contributed by atoms with Gasteiger partial charge in [-0.2, -0.15) is 0 Å². The van der Waals surface area contributed by atoms with Gasteiger partial charge in [0, 0.05) is 12.0 Å². The first-order valence-electron chi connectivity index (χ1n) is 11.5. The van der Waals surface area contributed by atoms with Crippen molar-refractivity contribution in [1.29, 1.82) is 0 Å². The Hall–Kier alpha value is -4.38. The molecule has 0 fully saturated rings. The highest BCUT2D eigenvalue weighted by molar-refractivity contribution is 5.91. The zero-order valence-corrected chi connectivity index (χ0v) is 19.5. The molecule has 0 saturated carbocycles. The van der Waals surface area contributed by atoms with Crippen LogP contribution in [-0.4, -0.2) is 17.0 Å². The van der Waals surface area contributed by atoms with Gasteiger partial charge in [-0.15, -0.1) is 0 Å². The first kappa shape index (κ1) is 23.8. The van der Waals surface area contributed by atoms with Crippen molar-refractivity contribution in [2.24, 2.45) is 5.73 Å². The lowest BCUT2D eigenvalue weighted by Gasteiger charge is -2.26. The molecule has 1 unspecified atom stereocenters. The number of aryl methyl sites for hydroxylation is 1. The van der Waals surface area contributed by atoms with E-state index in [1.807, 2.05) is 91.9 Å². The van der Waals surface area contributed by atoms with Crippen molar-refractivity contribution in [1.82, 2.24) is 0 Å². The van der Waals surface area contributed by atoms with Crippen molar-refractivity contribution in [3.05, 3.63) is 114 Å². The number of hydrogen-bond acceptors (Lipinski definition) is 3. The number of para-hydroxylation sites is 1. The van der Waals surface area contributed by atoms with Gasteiger partial charge in [-0.3, -0.25) is 9.59 Å². The highest BCUT2D eigenvalue weighted by Crippen LogP contribution is 2.42. The average Bonchev–Trinajstić information content (AvgIpc) is 2.88. The van der Waals surface area contributed by atoms with Gasteiger partial charge >= 0.3 is 5.97 Å². The van der Waals surface area contributed by atoms with Gasteiger partial charge in [-0.05, 0) is 58.9 Å². The number of amides is 1. The molecule has 4 aromatic carbocycles. The van der Waals surface area contributed by atoms with Gasteiger partial charge in [0.05, 0.1) is 0 Å². The maximum absolute atomic E-state index is 12.9. The van der Waals surface area contributed by atoms with Crippen LogP contribution in [0.1, 0.15) is 29.2 Å². The minimum absolute atomic E-state index is 0.00239. The van der Waals surface area contributed by atoms with Crippen LogP contribution in [0.5, 0.6) is 5.75 Å². The summed E-state index contributed by atoms with van der Waals surface area (Å²) in [6, 6.07) is 30.5. The summed E-state index contributed by atoms with van der Waals surface area (Å²) in [6.45, 7) is 1.96. The fourth-order valence-corrected chi connectivity index (χ4v) is 4.36. The third kappa shape index (κ3) is 5.41. The second kappa shape index (κ2) is 10.7. The first-order chi connectivity index (χ1) is 17.0. The maximum Gasteiger partial charge on any atom is 0.303 e. The van der Waals surface area contributed by atoms with Gasteiger partial charge < -0.3 is 15.6 Å². The van der Waals surface area contributed by atoms with E-state index in [2.05, 4.69) is 0 Å². The number of nitrogens with two attached hydrogens (primary N) is 1. The fourth-order valence-electron chi connectivity index (χ4n) is 4.36. The first-order valence-corrected chi connectivity index (χ1v) is 11.5. The molecular formula is C30H27NO4. The summed E-state index contributed by atoms with van der Waals surface area (Å²) in [5.74, 6) is -0.943. The van der Waals surface area contributed by atoms with Crippen molar-refractivity contribution in [2.75, 3.05) is 0 Å². The Balaban J connectivity index is 2.04. The number of hydrogen-bond donors (Lipinski definition) is 2. The Morgan fingerprint density at radius 1 is 0.857 bits per heavy atom. The van der Waals surface area contributed by atoms with Gasteiger partial charge in [-0.25, -0.2) is 0 Å². The lowest BCUT2D eigenvalue weighted by molar-refractivity contribution is -0.137. The molecule has 4 aromatic rings. The van der Waals surface area contributed by atoms with E-state index >= 15 is 0 Å². The molecule has 35 heavy (non-hydrogen) atoms. The molecule has 0 aliphatic carbocycles. The number of carboxylic acid groups (broad SMARTS) is 1. The van der Waals surface area contributed by atoms with Gasteiger partial charge in [0.1, 0.15) is 5.75 Å². The molecule has 0 radical (unpaired) electrons. The largest absolute Gasteiger partial charge is 0.481 e. The molecule has 3 N–H and O–H groups in total. The van der Waals surface area contributed by atoms with E-state index in [1.165, 1.54) is 0 Å². The van der Waals surface area contributed by atoms with E-state index in [-0.39, 0.29) is 6.42 Å². The monoisotopic (exact) mass is 465 g/mol. The summed E-state index contributed by atoms with van der Waals surface area (Å²) in [5, 5.41) is 9.34. The standard InChI is InChI=1S/C30H27NO4/c1-20-23(17-18-26(32)33)19-25(21-11-5-2-6-12-21)28(27(20)22-13-7-3-8-14-22)29(30(31)34)35-24-15-9-4-10-16-24/h2-16,19,29H,17-18H2,1H3,(H2,31,34)(H,32,33). The summed E-state index contributed by atoms with van der Waals surface area (Å²) in [4.78, 5) is 24.3. The zero-order valence-electron chi connectivity index (χ0n) is 19.5. The second-order valence-electron chi connectivity index (χ2n) is 8.34. The van der Waals surface area contributed by atoms with E-state index in [9.17, 15) is 14.7 Å². The quantitative estimate of drug-likeness (QED) is 0.320. The molecule has 0 saturated heterocycles. The van der Waals surface area contributed by atoms with Crippen LogP contribution in [0.25, 0.3) is 22.3 Å². The van der Waals surface area contributed by atoms with E-state index in [4.69, 9.17) is 10.5 Å². The van der Waals surface area contributed by atoms with Gasteiger partial charge in [0.2, 0.25) is 6.10 Å². The molecule has 0 aliphatic heterocycles. The Labute approximate surface area is 204 Å². The molecule has 5 nitrogen and oxygen atoms in total. The minimum atomic E-state index is -1.06. The van der Waals surface area contributed by atoms with Crippen LogP contribution in [0.4, 0.5) is 0 Å². The second-order valence-corrected chi connectivity index (χ2v) is 8.34. The number of ether oxygens (including phenoxy) is 1. The van der Waals surface area contributed by atoms with Crippen molar-refractivity contribution in [2.45, 2.75) is 25.9 Å². The maximum atomic E-state index is 12.9. The van der Waals surface area contributed by atoms with Crippen LogP contribution < -0.4 is 10.5 Å². The molecule has 1 amide bonds. The third-order valence-electron chi connectivity index (χ3n) is 6.01. The molecule has 0 aliphatic rings. The highest BCUT2D eigenvalue weighted by Gasteiger charge is 2.30. The zero-order chi connectivity index (χ0) is 24.8. The predicted octanol–water partition coefficient (Wildman–Crippen LogP) is 5.95.